The standard InChI is InChI=1S/C19H16ClN3O2S/c1-12(13-5-3-2-4-6-13)21-17(24)18(25)23-19-22-16(11-26-19)14-7-9-15(20)10-8-14/h2-12H,1H3,(H,21,24)(H,22,23,25)/t12-/m0/s1. The minimum Gasteiger partial charge on any atom is -0.341 e. The molecule has 2 amide bonds. The van der Waals surface area contributed by atoms with Gasteiger partial charge in [0.1, 0.15) is 0 Å². The highest BCUT2D eigenvalue weighted by molar-refractivity contribution is 7.14. The zero-order chi connectivity index (χ0) is 18.5. The molecule has 0 saturated carbocycles. The topological polar surface area (TPSA) is 71.1 Å². The van der Waals surface area contributed by atoms with E-state index in [9.17, 15) is 9.59 Å². The Bertz CT molecular complexity index is 910. The number of amides is 2. The Morgan fingerprint density at radius 3 is 2.42 bits per heavy atom. The lowest BCUT2D eigenvalue weighted by atomic mass is 10.1. The smallest absolute Gasteiger partial charge is 0.315 e. The molecule has 0 unspecified atom stereocenters. The Balaban J connectivity index is 1.61. The van der Waals surface area contributed by atoms with Gasteiger partial charge in [-0.1, -0.05) is 54.1 Å². The van der Waals surface area contributed by atoms with Crippen molar-refractivity contribution >= 4 is 39.9 Å². The van der Waals surface area contributed by atoms with E-state index in [2.05, 4.69) is 15.6 Å². The quantitative estimate of drug-likeness (QED) is 0.658. The number of benzene rings is 2. The molecule has 0 saturated heterocycles. The molecular formula is C19H16ClN3O2S. The van der Waals surface area contributed by atoms with Gasteiger partial charge in [0, 0.05) is 16.0 Å². The predicted molar refractivity (Wildman–Crippen MR) is 104 cm³/mol. The van der Waals surface area contributed by atoms with Crippen LogP contribution in [0.25, 0.3) is 11.3 Å². The van der Waals surface area contributed by atoms with E-state index in [1.807, 2.05) is 54.8 Å². The van der Waals surface area contributed by atoms with Gasteiger partial charge in [0.2, 0.25) is 0 Å². The molecule has 0 aliphatic heterocycles. The number of halogens is 1. The number of aromatic nitrogens is 1. The van der Waals surface area contributed by atoms with Crippen LogP contribution in [0, 0.1) is 0 Å². The Morgan fingerprint density at radius 2 is 1.73 bits per heavy atom. The second-order valence-electron chi connectivity index (χ2n) is 5.60. The van der Waals surface area contributed by atoms with Crippen LogP contribution in [0.5, 0.6) is 0 Å². The summed E-state index contributed by atoms with van der Waals surface area (Å²) in [6, 6.07) is 16.4. The van der Waals surface area contributed by atoms with Crippen LogP contribution in [-0.4, -0.2) is 16.8 Å². The first-order chi connectivity index (χ1) is 12.5. The molecule has 1 heterocycles. The van der Waals surface area contributed by atoms with Gasteiger partial charge in [0.05, 0.1) is 11.7 Å². The maximum absolute atomic E-state index is 12.1. The van der Waals surface area contributed by atoms with Crippen molar-refractivity contribution in [3.63, 3.8) is 0 Å². The molecule has 2 N–H and O–H groups in total. The zero-order valence-electron chi connectivity index (χ0n) is 13.9. The molecular weight excluding hydrogens is 370 g/mol. The summed E-state index contributed by atoms with van der Waals surface area (Å²) in [5.41, 5.74) is 2.52. The minimum absolute atomic E-state index is 0.268. The third-order valence-electron chi connectivity index (χ3n) is 3.72. The molecule has 0 fully saturated rings. The summed E-state index contributed by atoms with van der Waals surface area (Å²) < 4.78 is 0. The van der Waals surface area contributed by atoms with Crippen LogP contribution in [0.2, 0.25) is 5.02 Å². The van der Waals surface area contributed by atoms with E-state index in [1.165, 1.54) is 11.3 Å². The molecule has 0 bridgehead atoms. The van der Waals surface area contributed by atoms with Gasteiger partial charge in [-0.3, -0.25) is 14.9 Å². The number of carbonyl (C=O) groups excluding carboxylic acids is 2. The van der Waals surface area contributed by atoms with Gasteiger partial charge >= 0.3 is 11.8 Å². The second-order valence-corrected chi connectivity index (χ2v) is 6.90. The third-order valence-corrected chi connectivity index (χ3v) is 4.73. The molecule has 3 rings (SSSR count). The summed E-state index contributed by atoms with van der Waals surface area (Å²) in [6.45, 7) is 1.82. The van der Waals surface area contributed by atoms with E-state index >= 15 is 0 Å². The average molecular weight is 386 g/mol. The first-order valence-corrected chi connectivity index (χ1v) is 9.17. The van der Waals surface area contributed by atoms with Gasteiger partial charge in [-0.2, -0.15) is 0 Å². The predicted octanol–water partition coefficient (Wildman–Crippen LogP) is 4.28. The minimum atomic E-state index is -0.746. The van der Waals surface area contributed by atoms with Gasteiger partial charge in [-0.15, -0.1) is 11.3 Å². The maximum Gasteiger partial charge on any atom is 0.315 e. The van der Waals surface area contributed by atoms with E-state index in [-0.39, 0.29) is 6.04 Å². The molecule has 1 aromatic heterocycles. The lowest BCUT2D eigenvalue weighted by Gasteiger charge is -2.13. The fourth-order valence-corrected chi connectivity index (χ4v) is 3.17. The lowest BCUT2D eigenvalue weighted by molar-refractivity contribution is -0.136. The summed E-state index contributed by atoms with van der Waals surface area (Å²) >= 11 is 7.13. The molecule has 5 nitrogen and oxygen atoms in total. The van der Waals surface area contributed by atoms with E-state index in [1.54, 1.807) is 12.1 Å². The van der Waals surface area contributed by atoms with Crippen LogP contribution in [-0.2, 0) is 9.59 Å². The van der Waals surface area contributed by atoms with Crippen molar-refractivity contribution in [2.45, 2.75) is 13.0 Å². The Morgan fingerprint density at radius 1 is 1.04 bits per heavy atom. The van der Waals surface area contributed by atoms with E-state index in [4.69, 9.17) is 11.6 Å². The average Bonchev–Trinajstić information content (AvgIpc) is 3.11. The molecule has 0 aliphatic rings. The molecule has 0 aliphatic carbocycles. The molecule has 26 heavy (non-hydrogen) atoms. The van der Waals surface area contributed by atoms with Crippen LogP contribution < -0.4 is 10.6 Å². The summed E-state index contributed by atoms with van der Waals surface area (Å²) in [4.78, 5) is 28.5. The number of nitrogens with one attached hydrogen (secondary N) is 2. The number of rotatable bonds is 4. The van der Waals surface area contributed by atoms with Crippen molar-refractivity contribution in [2.24, 2.45) is 0 Å². The summed E-state index contributed by atoms with van der Waals surface area (Å²) in [5.74, 6) is -1.45. The zero-order valence-corrected chi connectivity index (χ0v) is 15.5. The fraction of sp³-hybridized carbons (Fsp3) is 0.105. The van der Waals surface area contributed by atoms with Gasteiger partial charge < -0.3 is 5.32 Å². The van der Waals surface area contributed by atoms with Gasteiger partial charge in [0.15, 0.2) is 5.13 Å². The lowest BCUT2D eigenvalue weighted by Crippen LogP contribution is -2.36. The fourth-order valence-electron chi connectivity index (χ4n) is 2.33. The molecule has 1 atom stereocenters. The van der Waals surface area contributed by atoms with Crippen LogP contribution >= 0.6 is 22.9 Å². The molecule has 0 radical (unpaired) electrons. The SMILES string of the molecule is C[C@H](NC(=O)C(=O)Nc1nc(-c2ccc(Cl)cc2)cs1)c1ccccc1. The maximum atomic E-state index is 12.1. The second kappa shape index (κ2) is 8.12. The van der Waals surface area contributed by atoms with Crippen LogP contribution in [0.3, 0.4) is 0 Å². The van der Waals surface area contributed by atoms with Crippen LogP contribution in [0.4, 0.5) is 5.13 Å². The summed E-state index contributed by atoms with van der Waals surface area (Å²) in [6.07, 6.45) is 0. The first-order valence-electron chi connectivity index (χ1n) is 7.91. The van der Waals surface area contributed by atoms with Crippen molar-refractivity contribution < 1.29 is 9.59 Å². The number of carbonyl (C=O) groups is 2. The molecule has 3 aromatic rings. The molecule has 132 valence electrons. The normalized spacial score (nSPS) is 11.6. The Kier molecular flexibility index (Phi) is 5.65. The van der Waals surface area contributed by atoms with Crippen molar-refractivity contribution in [1.82, 2.24) is 10.3 Å². The van der Waals surface area contributed by atoms with Crippen molar-refractivity contribution in [1.29, 1.82) is 0 Å². The summed E-state index contributed by atoms with van der Waals surface area (Å²) in [7, 11) is 0. The Hall–Kier alpha value is -2.70. The third kappa shape index (κ3) is 4.47. The van der Waals surface area contributed by atoms with E-state index < -0.39 is 11.8 Å². The monoisotopic (exact) mass is 385 g/mol. The van der Waals surface area contributed by atoms with Gasteiger partial charge in [-0.05, 0) is 24.6 Å². The number of anilines is 1. The van der Waals surface area contributed by atoms with Crippen LogP contribution in [0.15, 0.2) is 60.0 Å². The first kappa shape index (κ1) is 18.1. The highest BCUT2D eigenvalue weighted by Crippen LogP contribution is 2.26. The summed E-state index contributed by atoms with van der Waals surface area (Å²) in [5, 5.41) is 8.02. The van der Waals surface area contributed by atoms with Gasteiger partial charge in [-0.25, -0.2) is 4.98 Å². The molecule has 7 heteroatoms. The molecule has 2 aromatic carbocycles. The van der Waals surface area contributed by atoms with Crippen molar-refractivity contribution in [2.75, 3.05) is 5.32 Å². The van der Waals surface area contributed by atoms with E-state index in [0.717, 1.165) is 11.1 Å². The Labute approximate surface area is 160 Å². The molecule has 0 spiro atoms. The van der Waals surface area contributed by atoms with Gasteiger partial charge in [0.25, 0.3) is 0 Å². The van der Waals surface area contributed by atoms with Crippen molar-refractivity contribution in [3.8, 4) is 11.3 Å². The largest absolute Gasteiger partial charge is 0.341 e. The highest BCUT2D eigenvalue weighted by atomic mass is 35.5. The number of nitrogens with zero attached hydrogens (tertiary/aromatic N) is 1. The number of hydrogen-bond donors (Lipinski definition) is 2. The highest BCUT2D eigenvalue weighted by Gasteiger charge is 2.18. The van der Waals surface area contributed by atoms with Crippen molar-refractivity contribution in [3.05, 3.63) is 70.6 Å². The van der Waals surface area contributed by atoms with Crippen LogP contribution in [0.1, 0.15) is 18.5 Å². The number of hydrogen-bond acceptors (Lipinski definition) is 4. The van der Waals surface area contributed by atoms with E-state index in [0.29, 0.717) is 15.8 Å². The number of thiazole rings is 1.